The number of hydrazone groups is 1. The van der Waals surface area contributed by atoms with Crippen LogP contribution in [-0.4, -0.2) is 37.6 Å². The normalized spacial score (nSPS) is 10.6. The Labute approximate surface area is 158 Å². The number of hydrogen-bond donors (Lipinski definition) is 2. The highest BCUT2D eigenvalue weighted by Gasteiger charge is 2.06. The number of benzene rings is 2. The Morgan fingerprint density at radius 2 is 1.85 bits per heavy atom. The number of phenolic OH excluding ortho intramolecular Hbond substituents is 1. The fraction of sp³-hybridized carbons (Fsp3) is 0.300. The summed E-state index contributed by atoms with van der Waals surface area (Å²) in [5.74, 6) is 1.19. The van der Waals surface area contributed by atoms with Gasteiger partial charge >= 0.3 is 0 Å². The van der Waals surface area contributed by atoms with E-state index in [1.807, 2.05) is 0 Å². The molecule has 0 radical (unpaired) electrons. The van der Waals surface area contributed by atoms with Crippen molar-refractivity contribution in [2.45, 2.75) is 19.8 Å². The van der Waals surface area contributed by atoms with Crippen LogP contribution in [0.1, 0.15) is 25.3 Å². The van der Waals surface area contributed by atoms with Crippen molar-refractivity contribution < 1.29 is 24.1 Å². The zero-order valence-electron chi connectivity index (χ0n) is 15.5. The molecule has 0 aliphatic carbocycles. The second kappa shape index (κ2) is 10.7. The second-order valence-corrected chi connectivity index (χ2v) is 5.65. The van der Waals surface area contributed by atoms with Gasteiger partial charge in [-0.1, -0.05) is 19.4 Å². The van der Waals surface area contributed by atoms with Crippen molar-refractivity contribution >= 4 is 12.1 Å². The molecule has 0 aromatic heterocycles. The lowest BCUT2D eigenvalue weighted by Gasteiger charge is -2.08. The van der Waals surface area contributed by atoms with E-state index >= 15 is 0 Å². The molecule has 2 aromatic rings. The van der Waals surface area contributed by atoms with Gasteiger partial charge in [0.1, 0.15) is 11.5 Å². The Morgan fingerprint density at radius 3 is 2.52 bits per heavy atom. The van der Waals surface area contributed by atoms with Gasteiger partial charge in [-0.25, -0.2) is 5.43 Å². The number of carbonyl (C=O) groups excluding carboxylic acids is 1. The van der Waals surface area contributed by atoms with Crippen molar-refractivity contribution in [3.63, 3.8) is 0 Å². The molecule has 0 heterocycles. The summed E-state index contributed by atoms with van der Waals surface area (Å²) in [5, 5.41) is 13.7. The summed E-state index contributed by atoms with van der Waals surface area (Å²) < 4.78 is 16.0. The van der Waals surface area contributed by atoms with Crippen molar-refractivity contribution in [3.8, 4) is 23.0 Å². The van der Waals surface area contributed by atoms with E-state index in [0.717, 1.165) is 18.6 Å². The van der Waals surface area contributed by atoms with Gasteiger partial charge in [0.15, 0.2) is 18.1 Å². The lowest BCUT2D eigenvalue weighted by atomic mass is 10.2. The number of amides is 1. The van der Waals surface area contributed by atoms with Crippen molar-refractivity contribution in [1.82, 2.24) is 5.43 Å². The van der Waals surface area contributed by atoms with E-state index in [-0.39, 0.29) is 12.4 Å². The first kappa shape index (κ1) is 20.1. The Hall–Kier alpha value is -3.22. The van der Waals surface area contributed by atoms with Gasteiger partial charge in [-0.05, 0) is 42.8 Å². The third-order valence-corrected chi connectivity index (χ3v) is 3.60. The molecule has 7 nitrogen and oxygen atoms in total. The van der Waals surface area contributed by atoms with Crippen LogP contribution in [0.5, 0.6) is 23.0 Å². The Morgan fingerprint density at radius 1 is 1.15 bits per heavy atom. The van der Waals surface area contributed by atoms with E-state index in [2.05, 4.69) is 17.5 Å². The Balaban J connectivity index is 1.77. The molecule has 0 spiro atoms. The smallest absolute Gasteiger partial charge is 0.277 e. The van der Waals surface area contributed by atoms with E-state index < -0.39 is 5.91 Å². The second-order valence-electron chi connectivity index (χ2n) is 5.65. The van der Waals surface area contributed by atoms with E-state index in [4.69, 9.17) is 14.2 Å². The highest BCUT2D eigenvalue weighted by atomic mass is 16.5. The minimum Gasteiger partial charge on any atom is -0.504 e. The number of rotatable bonds is 10. The summed E-state index contributed by atoms with van der Waals surface area (Å²) in [4.78, 5) is 11.8. The molecule has 7 heteroatoms. The zero-order chi connectivity index (χ0) is 19.5. The summed E-state index contributed by atoms with van der Waals surface area (Å²) in [7, 11) is 1.46. The summed E-state index contributed by atoms with van der Waals surface area (Å²) in [6, 6.07) is 12.1. The predicted octanol–water partition coefficient (Wildman–Crippen LogP) is 3.11. The number of carbonyl (C=O) groups is 1. The average Bonchev–Trinajstić information content (AvgIpc) is 2.69. The fourth-order valence-electron chi connectivity index (χ4n) is 2.13. The highest BCUT2D eigenvalue weighted by Crippen LogP contribution is 2.27. The van der Waals surface area contributed by atoms with Crippen LogP contribution >= 0.6 is 0 Å². The minimum absolute atomic E-state index is 0.0458. The van der Waals surface area contributed by atoms with Crippen molar-refractivity contribution in [3.05, 3.63) is 48.0 Å². The quantitative estimate of drug-likeness (QED) is 0.380. The number of aromatic hydroxyl groups is 1. The maximum absolute atomic E-state index is 11.8. The van der Waals surface area contributed by atoms with Crippen LogP contribution in [0.4, 0.5) is 0 Å². The van der Waals surface area contributed by atoms with Crippen LogP contribution < -0.4 is 19.6 Å². The Bertz CT molecular complexity index is 759. The van der Waals surface area contributed by atoms with Crippen LogP contribution in [0.3, 0.4) is 0 Å². The highest BCUT2D eigenvalue weighted by molar-refractivity contribution is 5.86. The molecule has 2 rings (SSSR count). The van der Waals surface area contributed by atoms with Gasteiger partial charge in [0.25, 0.3) is 5.91 Å². The molecule has 0 aliphatic heterocycles. The van der Waals surface area contributed by atoms with Gasteiger partial charge < -0.3 is 19.3 Å². The molecule has 144 valence electrons. The molecule has 0 bridgehead atoms. The van der Waals surface area contributed by atoms with Gasteiger partial charge in [0.2, 0.25) is 0 Å². The zero-order valence-corrected chi connectivity index (χ0v) is 15.5. The van der Waals surface area contributed by atoms with Crippen molar-refractivity contribution in [2.75, 3.05) is 20.3 Å². The number of hydrogen-bond acceptors (Lipinski definition) is 6. The fourth-order valence-corrected chi connectivity index (χ4v) is 2.13. The number of para-hydroxylation sites is 1. The number of nitrogens with zero attached hydrogens (tertiary/aromatic N) is 1. The van der Waals surface area contributed by atoms with Crippen molar-refractivity contribution in [1.29, 1.82) is 0 Å². The molecule has 0 aliphatic rings. The SMILES string of the molecule is CCCCOc1ccc(OCC(=O)N/N=C\c2cccc(OC)c2O)cc1. The number of methoxy groups -OCH3 is 1. The molecular formula is C20H24N2O5. The third-order valence-electron chi connectivity index (χ3n) is 3.60. The molecule has 0 saturated carbocycles. The maximum Gasteiger partial charge on any atom is 0.277 e. The van der Waals surface area contributed by atoms with Gasteiger partial charge in [0.05, 0.1) is 19.9 Å². The average molecular weight is 372 g/mol. The molecule has 0 saturated heterocycles. The molecule has 2 aromatic carbocycles. The van der Waals surface area contributed by atoms with Crippen molar-refractivity contribution in [2.24, 2.45) is 5.10 Å². The first-order chi connectivity index (χ1) is 13.1. The van der Waals surface area contributed by atoms with Crippen LogP contribution in [0.2, 0.25) is 0 Å². The standard InChI is InChI=1S/C20H24N2O5/c1-3-4-12-26-16-8-10-17(11-9-16)27-14-19(23)22-21-13-15-6-5-7-18(25-2)20(15)24/h5-11,13,24H,3-4,12,14H2,1-2H3,(H,22,23)/b21-13-. The van der Waals surface area contributed by atoms with E-state index in [1.165, 1.54) is 13.3 Å². The molecule has 0 unspecified atom stereocenters. The third kappa shape index (κ3) is 6.54. The minimum atomic E-state index is -0.420. The predicted molar refractivity (Wildman–Crippen MR) is 103 cm³/mol. The number of phenols is 1. The number of nitrogens with one attached hydrogen (secondary N) is 1. The first-order valence-corrected chi connectivity index (χ1v) is 8.67. The number of unbranched alkanes of at least 4 members (excludes halogenated alkanes) is 1. The summed E-state index contributed by atoms with van der Waals surface area (Å²) in [6.07, 6.45) is 3.42. The van der Waals surface area contributed by atoms with Gasteiger partial charge in [-0.2, -0.15) is 5.10 Å². The molecule has 1 amide bonds. The molecule has 2 N–H and O–H groups in total. The maximum atomic E-state index is 11.8. The van der Waals surface area contributed by atoms with Gasteiger partial charge in [-0.15, -0.1) is 0 Å². The Kier molecular flexibility index (Phi) is 7.96. The van der Waals surface area contributed by atoms with Gasteiger partial charge in [-0.3, -0.25) is 4.79 Å². The molecule has 27 heavy (non-hydrogen) atoms. The lowest BCUT2D eigenvalue weighted by Crippen LogP contribution is -2.24. The van der Waals surface area contributed by atoms with E-state index in [1.54, 1.807) is 42.5 Å². The van der Waals surface area contributed by atoms with Gasteiger partial charge in [0, 0.05) is 5.56 Å². The first-order valence-electron chi connectivity index (χ1n) is 8.67. The van der Waals surface area contributed by atoms with E-state index in [0.29, 0.717) is 23.7 Å². The summed E-state index contributed by atoms with van der Waals surface area (Å²) >= 11 is 0. The van der Waals surface area contributed by atoms with Crippen LogP contribution in [0, 0.1) is 0 Å². The number of ether oxygens (including phenoxy) is 3. The molecule has 0 fully saturated rings. The molecule has 0 atom stereocenters. The summed E-state index contributed by atoms with van der Waals surface area (Å²) in [5.41, 5.74) is 2.77. The van der Waals surface area contributed by atoms with Crippen LogP contribution in [0.15, 0.2) is 47.6 Å². The summed E-state index contributed by atoms with van der Waals surface area (Å²) in [6.45, 7) is 2.60. The van der Waals surface area contributed by atoms with E-state index in [9.17, 15) is 9.90 Å². The topological polar surface area (TPSA) is 89.4 Å². The molecular weight excluding hydrogens is 348 g/mol. The monoisotopic (exact) mass is 372 g/mol. The van der Waals surface area contributed by atoms with Crippen LogP contribution in [-0.2, 0) is 4.79 Å². The largest absolute Gasteiger partial charge is 0.504 e. The van der Waals surface area contributed by atoms with Crippen LogP contribution in [0.25, 0.3) is 0 Å². The lowest BCUT2D eigenvalue weighted by molar-refractivity contribution is -0.123.